The average molecular weight is 457 g/mol. The largest absolute Gasteiger partial charge is 0.456 e. The van der Waals surface area contributed by atoms with Gasteiger partial charge in [0.1, 0.15) is 6.54 Å². The molecule has 5 aliphatic rings. The van der Waals surface area contributed by atoms with Gasteiger partial charge in [-0.3, -0.25) is 14.4 Å². The number of ether oxygens (including phenoxy) is 2. The lowest BCUT2D eigenvalue weighted by molar-refractivity contribution is -0.150. The molecule has 33 heavy (non-hydrogen) atoms. The first-order valence-corrected chi connectivity index (χ1v) is 12.6. The lowest BCUT2D eigenvalue weighted by Crippen LogP contribution is -2.54. The van der Waals surface area contributed by atoms with Crippen LogP contribution in [-0.2, 0) is 25.6 Å². The maximum Gasteiger partial charge on any atom is 0.325 e. The first-order chi connectivity index (χ1) is 15.8. The van der Waals surface area contributed by atoms with Gasteiger partial charge in [-0.1, -0.05) is 0 Å². The van der Waals surface area contributed by atoms with Gasteiger partial charge in [-0.25, -0.2) is 0 Å². The second kappa shape index (κ2) is 8.90. The summed E-state index contributed by atoms with van der Waals surface area (Å²) in [5, 5.41) is 2.83. The average Bonchev–Trinajstić information content (AvgIpc) is 3.38. The smallest absolute Gasteiger partial charge is 0.325 e. The number of aromatic nitrogens is 1. The van der Waals surface area contributed by atoms with Crippen molar-refractivity contribution in [1.29, 1.82) is 0 Å². The van der Waals surface area contributed by atoms with Crippen LogP contribution < -0.4 is 5.32 Å². The summed E-state index contributed by atoms with van der Waals surface area (Å²) in [5.74, 6) is 1.24. The van der Waals surface area contributed by atoms with Crippen molar-refractivity contribution in [2.45, 2.75) is 77.9 Å². The van der Waals surface area contributed by atoms with Gasteiger partial charge in [0.25, 0.3) is 0 Å². The summed E-state index contributed by atoms with van der Waals surface area (Å²) < 4.78 is 13.1. The molecular formula is C26H36N2O5. The summed E-state index contributed by atoms with van der Waals surface area (Å²) in [6.07, 6.45) is 8.98. The number of aryl methyl sites for hydroxylation is 1. The molecule has 5 fully saturated rings. The van der Waals surface area contributed by atoms with Crippen LogP contribution in [0.25, 0.3) is 0 Å². The normalized spacial score (nSPS) is 32.2. The van der Waals surface area contributed by atoms with Gasteiger partial charge < -0.3 is 19.4 Å². The number of carbonyl (C=O) groups is 3. The van der Waals surface area contributed by atoms with Gasteiger partial charge in [0.15, 0.2) is 6.61 Å². The van der Waals surface area contributed by atoms with Crippen LogP contribution in [0.15, 0.2) is 6.07 Å². The molecule has 1 aromatic rings. The van der Waals surface area contributed by atoms with Crippen molar-refractivity contribution in [3.8, 4) is 0 Å². The van der Waals surface area contributed by atoms with Crippen molar-refractivity contribution in [2.24, 2.45) is 23.2 Å². The van der Waals surface area contributed by atoms with Crippen LogP contribution in [0, 0.1) is 37.0 Å². The van der Waals surface area contributed by atoms with Gasteiger partial charge in [0, 0.05) is 35.5 Å². The Morgan fingerprint density at radius 1 is 1.12 bits per heavy atom. The first kappa shape index (κ1) is 22.6. The fourth-order valence-corrected chi connectivity index (χ4v) is 7.36. The van der Waals surface area contributed by atoms with E-state index in [0.717, 1.165) is 56.6 Å². The number of amides is 1. The third kappa shape index (κ3) is 4.48. The van der Waals surface area contributed by atoms with E-state index in [1.165, 1.54) is 19.3 Å². The van der Waals surface area contributed by atoms with Crippen LogP contribution >= 0.6 is 0 Å². The molecule has 1 saturated heterocycles. The molecule has 1 aliphatic heterocycles. The van der Waals surface area contributed by atoms with Crippen LogP contribution in [0.3, 0.4) is 0 Å². The molecule has 4 bridgehead atoms. The van der Waals surface area contributed by atoms with Gasteiger partial charge in [-0.05, 0) is 89.0 Å². The molecule has 0 radical (unpaired) electrons. The molecule has 0 unspecified atom stereocenters. The fourth-order valence-electron chi connectivity index (χ4n) is 7.36. The fraction of sp³-hybridized carbons (Fsp3) is 0.731. The van der Waals surface area contributed by atoms with Gasteiger partial charge in [0.05, 0.1) is 6.10 Å². The number of Topliss-reactive ketones (excluding diaryl/α,β-unsaturated/α-hetero) is 1. The minimum Gasteiger partial charge on any atom is -0.456 e. The number of nitrogens with one attached hydrogen (secondary N) is 1. The molecule has 4 saturated carbocycles. The zero-order valence-electron chi connectivity index (χ0n) is 19.9. The van der Waals surface area contributed by atoms with Crippen molar-refractivity contribution in [3.63, 3.8) is 0 Å². The van der Waals surface area contributed by atoms with E-state index >= 15 is 0 Å². The van der Waals surface area contributed by atoms with E-state index in [0.29, 0.717) is 23.3 Å². The Hall–Kier alpha value is -2.15. The van der Waals surface area contributed by atoms with Gasteiger partial charge in [-0.2, -0.15) is 0 Å². The molecule has 0 aromatic carbocycles. The van der Waals surface area contributed by atoms with Crippen molar-refractivity contribution >= 4 is 17.7 Å². The van der Waals surface area contributed by atoms with E-state index in [1.54, 1.807) is 0 Å². The molecule has 2 heterocycles. The Morgan fingerprint density at radius 2 is 1.79 bits per heavy atom. The van der Waals surface area contributed by atoms with Gasteiger partial charge in [-0.15, -0.1) is 0 Å². The number of hydrogen-bond donors (Lipinski definition) is 1. The summed E-state index contributed by atoms with van der Waals surface area (Å²) >= 11 is 0. The second-order valence-electron chi connectivity index (χ2n) is 11.0. The Balaban J connectivity index is 1.11. The minimum absolute atomic E-state index is 0.00236. The van der Waals surface area contributed by atoms with Crippen molar-refractivity contribution in [2.75, 3.05) is 19.8 Å². The van der Waals surface area contributed by atoms with E-state index in [9.17, 15) is 14.4 Å². The Morgan fingerprint density at radius 3 is 2.39 bits per heavy atom. The van der Waals surface area contributed by atoms with Crippen LogP contribution in [0.4, 0.5) is 0 Å². The second-order valence-corrected chi connectivity index (χ2v) is 11.0. The summed E-state index contributed by atoms with van der Waals surface area (Å²) in [7, 11) is 0. The highest BCUT2D eigenvalue weighted by atomic mass is 16.5. The molecule has 7 nitrogen and oxygen atoms in total. The van der Waals surface area contributed by atoms with Crippen molar-refractivity contribution in [1.82, 2.24) is 9.88 Å². The molecule has 7 heteroatoms. The highest BCUT2D eigenvalue weighted by Crippen LogP contribution is 2.60. The summed E-state index contributed by atoms with van der Waals surface area (Å²) in [6.45, 7) is 4.95. The van der Waals surface area contributed by atoms with Gasteiger partial charge in [0.2, 0.25) is 11.7 Å². The molecule has 6 rings (SSSR count). The standard InChI is InChI=1S/C26H36N2O5/c1-16-6-22(17(2)28(16)14-21-4-3-5-32-21)23(29)15-33-24(30)13-27-25(31)26-10-18-7-19(11-26)9-20(8-18)12-26/h6,18-21H,3-5,7-15H2,1-2H3,(H,27,31)/t18?,19?,20?,21-,26?/m0/s1. The zero-order chi connectivity index (χ0) is 23.2. The lowest BCUT2D eigenvalue weighted by atomic mass is 9.49. The third-order valence-corrected chi connectivity index (χ3v) is 8.56. The summed E-state index contributed by atoms with van der Waals surface area (Å²) in [4.78, 5) is 38.0. The Bertz CT molecular complexity index is 907. The lowest BCUT2D eigenvalue weighted by Gasteiger charge is -2.55. The number of esters is 1. The molecule has 0 spiro atoms. The maximum absolute atomic E-state index is 13.0. The van der Waals surface area contributed by atoms with E-state index in [1.807, 2.05) is 19.9 Å². The molecule has 1 N–H and O–H groups in total. The minimum atomic E-state index is -0.561. The number of hydrogen-bond acceptors (Lipinski definition) is 5. The van der Waals surface area contributed by atoms with E-state index in [4.69, 9.17) is 9.47 Å². The van der Waals surface area contributed by atoms with Crippen molar-refractivity contribution < 1.29 is 23.9 Å². The van der Waals surface area contributed by atoms with E-state index in [-0.39, 0.29) is 36.4 Å². The van der Waals surface area contributed by atoms with Crippen LogP contribution in [0.5, 0.6) is 0 Å². The maximum atomic E-state index is 13.0. The predicted octanol–water partition coefficient (Wildman–Crippen LogP) is 3.34. The summed E-state index contributed by atoms with van der Waals surface area (Å²) in [6, 6.07) is 1.86. The van der Waals surface area contributed by atoms with Crippen LogP contribution in [0.2, 0.25) is 0 Å². The topological polar surface area (TPSA) is 86.6 Å². The molecule has 1 atom stereocenters. The number of carbonyl (C=O) groups excluding carboxylic acids is 3. The van der Waals surface area contributed by atoms with E-state index < -0.39 is 5.97 Å². The molecule has 1 amide bonds. The quantitative estimate of drug-likeness (QED) is 0.479. The number of rotatable bonds is 8. The zero-order valence-corrected chi connectivity index (χ0v) is 19.9. The molecule has 4 aliphatic carbocycles. The highest BCUT2D eigenvalue weighted by molar-refractivity contribution is 5.99. The first-order valence-electron chi connectivity index (χ1n) is 12.6. The molecular weight excluding hydrogens is 420 g/mol. The van der Waals surface area contributed by atoms with Crippen LogP contribution in [-0.4, -0.2) is 48.1 Å². The molecule has 180 valence electrons. The monoisotopic (exact) mass is 456 g/mol. The third-order valence-electron chi connectivity index (χ3n) is 8.56. The Labute approximate surface area is 195 Å². The molecule has 1 aromatic heterocycles. The van der Waals surface area contributed by atoms with Crippen molar-refractivity contribution in [3.05, 3.63) is 23.0 Å². The Kier molecular flexibility index (Phi) is 6.10. The highest BCUT2D eigenvalue weighted by Gasteiger charge is 2.54. The number of nitrogens with zero attached hydrogens (tertiary/aromatic N) is 1. The SMILES string of the molecule is Cc1cc(C(=O)COC(=O)CNC(=O)C23CC4CC(CC(C4)C2)C3)c(C)n1C[C@@H]1CCCO1. The van der Waals surface area contributed by atoms with Gasteiger partial charge >= 0.3 is 5.97 Å². The van der Waals surface area contributed by atoms with Crippen LogP contribution in [0.1, 0.15) is 73.1 Å². The predicted molar refractivity (Wildman–Crippen MR) is 122 cm³/mol. The van der Waals surface area contributed by atoms with E-state index in [2.05, 4.69) is 9.88 Å². The summed E-state index contributed by atoms with van der Waals surface area (Å²) in [5.41, 5.74) is 2.17. The number of ketones is 1.